The highest BCUT2D eigenvalue weighted by molar-refractivity contribution is 5.96. The molecule has 1 aromatic heterocycles. The first-order valence-corrected chi connectivity index (χ1v) is 9.97. The molecule has 0 unspecified atom stereocenters. The van der Waals surface area contributed by atoms with E-state index in [-0.39, 0.29) is 5.91 Å². The zero-order valence-corrected chi connectivity index (χ0v) is 16.2. The van der Waals surface area contributed by atoms with Crippen LogP contribution in [-0.4, -0.2) is 28.9 Å². The summed E-state index contributed by atoms with van der Waals surface area (Å²) in [5, 5.41) is 0. The molecule has 1 aliphatic rings. The maximum Gasteiger partial charge on any atom is 0.254 e. The number of aromatic amines is 1. The zero-order valence-electron chi connectivity index (χ0n) is 16.2. The number of aromatic nitrogens is 2. The van der Waals surface area contributed by atoms with E-state index in [1.165, 1.54) is 5.56 Å². The van der Waals surface area contributed by atoms with Crippen LogP contribution in [0.25, 0.3) is 11.0 Å². The molecule has 0 bridgehead atoms. The molecule has 2 heterocycles. The van der Waals surface area contributed by atoms with E-state index in [0.717, 1.165) is 48.9 Å². The average Bonchev–Trinajstić information content (AvgIpc) is 3.12. The van der Waals surface area contributed by atoms with Gasteiger partial charge in [0.1, 0.15) is 0 Å². The van der Waals surface area contributed by atoms with E-state index < -0.39 is 0 Å². The van der Waals surface area contributed by atoms with Crippen LogP contribution in [0.5, 0.6) is 0 Å². The van der Waals surface area contributed by atoms with E-state index >= 15 is 0 Å². The lowest BCUT2D eigenvalue weighted by Gasteiger charge is -2.32. The van der Waals surface area contributed by atoms with Crippen molar-refractivity contribution in [3.05, 3.63) is 66.0 Å². The van der Waals surface area contributed by atoms with E-state index in [4.69, 9.17) is 0 Å². The molecule has 0 saturated carbocycles. The molecule has 0 radical (unpaired) electrons. The number of benzene rings is 2. The second-order valence-electron chi connectivity index (χ2n) is 7.93. The smallest absolute Gasteiger partial charge is 0.254 e. The van der Waals surface area contributed by atoms with Gasteiger partial charge in [0.15, 0.2) is 11.0 Å². The number of fused-ring (bicyclic) bond motifs is 1. The Morgan fingerprint density at radius 3 is 2.59 bits per heavy atom. The van der Waals surface area contributed by atoms with Gasteiger partial charge in [0.2, 0.25) is 6.33 Å². The lowest BCUT2D eigenvalue weighted by Crippen LogP contribution is -2.39. The van der Waals surface area contributed by atoms with Crippen molar-refractivity contribution < 1.29 is 9.36 Å². The van der Waals surface area contributed by atoms with Crippen LogP contribution in [0.1, 0.15) is 48.7 Å². The van der Waals surface area contributed by atoms with Crippen LogP contribution >= 0.6 is 0 Å². The van der Waals surface area contributed by atoms with E-state index in [0.29, 0.717) is 12.0 Å². The fourth-order valence-corrected chi connectivity index (χ4v) is 4.11. The largest absolute Gasteiger partial charge is 0.339 e. The summed E-state index contributed by atoms with van der Waals surface area (Å²) in [6, 6.07) is 17.0. The van der Waals surface area contributed by atoms with E-state index in [9.17, 15) is 4.79 Å². The Morgan fingerprint density at radius 2 is 1.89 bits per heavy atom. The highest BCUT2D eigenvalue weighted by Gasteiger charge is 2.25. The summed E-state index contributed by atoms with van der Waals surface area (Å²) >= 11 is 0. The average molecular weight is 362 g/mol. The molecule has 1 N–H and O–H groups in total. The number of hydrogen-bond donors (Lipinski definition) is 1. The lowest BCUT2D eigenvalue weighted by molar-refractivity contribution is -0.691. The molecule has 4 nitrogen and oxygen atoms in total. The Balaban J connectivity index is 1.43. The molecule has 4 heteroatoms. The number of rotatable bonds is 4. The van der Waals surface area contributed by atoms with Crippen LogP contribution in [0.2, 0.25) is 0 Å². The second-order valence-corrected chi connectivity index (χ2v) is 7.93. The van der Waals surface area contributed by atoms with Crippen LogP contribution in [-0.2, 0) is 6.42 Å². The third-order valence-electron chi connectivity index (χ3n) is 5.71. The number of hydrogen-bond acceptors (Lipinski definition) is 1. The van der Waals surface area contributed by atoms with Gasteiger partial charge >= 0.3 is 0 Å². The van der Waals surface area contributed by atoms with E-state index in [2.05, 4.69) is 53.7 Å². The lowest BCUT2D eigenvalue weighted by atomic mass is 9.90. The Hall–Kier alpha value is -2.62. The number of nitrogens with zero attached hydrogens (tertiary/aromatic N) is 2. The monoisotopic (exact) mass is 362 g/mol. The minimum atomic E-state index is 0.159. The number of imidazole rings is 1. The summed E-state index contributed by atoms with van der Waals surface area (Å²) in [5.41, 5.74) is 4.35. The van der Waals surface area contributed by atoms with Crippen LogP contribution in [0.3, 0.4) is 0 Å². The van der Waals surface area contributed by atoms with Gasteiger partial charge < -0.3 is 4.90 Å². The van der Waals surface area contributed by atoms with E-state index in [1.54, 1.807) is 0 Å². The number of carbonyl (C=O) groups is 1. The van der Waals surface area contributed by atoms with Gasteiger partial charge in [0.05, 0.1) is 6.04 Å². The van der Waals surface area contributed by atoms with Crippen molar-refractivity contribution in [1.82, 2.24) is 9.88 Å². The summed E-state index contributed by atoms with van der Waals surface area (Å²) < 4.78 is 2.18. The summed E-state index contributed by atoms with van der Waals surface area (Å²) in [5.74, 6) is 0.832. The van der Waals surface area contributed by atoms with Crippen LogP contribution < -0.4 is 4.57 Å². The van der Waals surface area contributed by atoms with Gasteiger partial charge in [-0.1, -0.05) is 30.3 Å². The molecule has 27 heavy (non-hydrogen) atoms. The first-order valence-electron chi connectivity index (χ1n) is 9.97. The Labute approximate surface area is 160 Å². The molecule has 3 aromatic rings. The molecule has 0 atom stereocenters. The second kappa shape index (κ2) is 7.55. The van der Waals surface area contributed by atoms with Gasteiger partial charge in [0, 0.05) is 24.7 Å². The molecule has 1 saturated heterocycles. The topological polar surface area (TPSA) is 40.0 Å². The molecular weight excluding hydrogens is 334 g/mol. The van der Waals surface area contributed by atoms with Crippen molar-refractivity contribution >= 4 is 16.9 Å². The molecule has 1 amide bonds. The van der Waals surface area contributed by atoms with Gasteiger partial charge in [0.25, 0.3) is 5.91 Å². The Kier molecular flexibility index (Phi) is 4.97. The standard InChI is InChI=1S/C23H27N3O/c1-17(2)26-16-24-21-9-8-20(15-22(21)26)23(27)25-12-10-19(11-13-25)14-18-6-4-3-5-7-18/h3-9,15-17,19H,10-14H2,1-2H3/p+1. The molecule has 0 spiro atoms. The minimum Gasteiger partial charge on any atom is -0.339 e. The third-order valence-corrected chi connectivity index (χ3v) is 5.71. The van der Waals surface area contributed by atoms with Crippen molar-refractivity contribution in [2.75, 3.05) is 13.1 Å². The van der Waals surface area contributed by atoms with Crippen molar-refractivity contribution in [3.63, 3.8) is 0 Å². The maximum atomic E-state index is 13.0. The molecule has 1 fully saturated rings. The van der Waals surface area contributed by atoms with Gasteiger partial charge in [-0.15, -0.1) is 0 Å². The van der Waals surface area contributed by atoms with Crippen molar-refractivity contribution in [3.8, 4) is 0 Å². The predicted molar refractivity (Wildman–Crippen MR) is 108 cm³/mol. The van der Waals surface area contributed by atoms with Gasteiger partial charge in [-0.05, 0) is 56.7 Å². The normalized spacial score (nSPS) is 15.6. The number of piperidine rings is 1. The van der Waals surface area contributed by atoms with Crippen molar-refractivity contribution in [2.24, 2.45) is 5.92 Å². The quantitative estimate of drug-likeness (QED) is 0.697. The first kappa shape index (κ1) is 17.8. The van der Waals surface area contributed by atoms with Crippen LogP contribution in [0.15, 0.2) is 54.9 Å². The molecule has 1 aliphatic heterocycles. The Morgan fingerprint density at radius 1 is 1.15 bits per heavy atom. The van der Waals surface area contributed by atoms with Crippen LogP contribution in [0.4, 0.5) is 0 Å². The minimum absolute atomic E-state index is 0.159. The summed E-state index contributed by atoms with van der Waals surface area (Å²) in [6.07, 6.45) is 5.27. The zero-order chi connectivity index (χ0) is 18.8. The first-order chi connectivity index (χ1) is 13.1. The maximum absolute atomic E-state index is 13.0. The van der Waals surface area contributed by atoms with Crippen molar-refractivity contribution in [2.45, 2.75) is 39.2 Å². The fourth-order valence-electron chi connectivity index (χ4n) is 4.11. The highest BCUT2D eigenvalue weighted by Crippen LogP contribution is 2.23. The SMILES string of the molecule is CC(C)[n+]1c[nH]c2ccc(C(=O)N3CCC(Cc4ccccc4)CC3)cc21. The predicted octanol–water partition coefficient (Wildman–Crippen LogP) is 4.13. The Bertz CT molecular complexity index is 921. The number of nitrogens with one attached hydrogen (secondary N) is 1. The molecule has 0 aliphatic carbocycles. The fraction of sp³-hybridized carbons (Fsp3) is 0.391. The highest BCUT2D eigenvalue weighted by atomic mass is 16.2. The summed E-state index contributed by atoms with van der Waals surface area (Å²) in [7, 11) is 0. The molecule has 4 rings (SSSR count). The molecule has 140 valence electrons. The molecule has 2 aromatic carbocycles. The van der Waals surface area contributed by atoms with Crippen molar-refractivity contribution in [1.29, 1.82) is 0 Å². The van der Waals surface area contributed by atoms with Gasteiger partial charge in [-0.3, -0.25) is 4.79 Å². The number of carbonyl (C=O) groups excluding carboxylic acids is 1. The van der Waals surface area contributed by atoms with Gasteiger partial charge in [-0.2, -0.15) is 0 Å². The number of H-pyrrole nitrogens is 1. The summed E-state index contributed by atoms with van der Waals surface area (Å²) in [4.78, 5) is 18.3. The number of likely N-dealkylation sites (tertiary alicyclic amines) is 1. The number of amides is 1. The van der Waals surface area contributed by atoms with E-state index in [1.807, 2.05) is 29.4 Å². The molecular formula is C23H28N3O+. The van der Waals surface area contributed by atoms with Crippen LogP contribution in [0, 0.1) is 5.92 Å². The van der Waals surface area contributed by atoms with Gasteiger partial charge in [-0.25, -0.2) is 9.55 Å². The third kappa shape index (κ3) is 3.75. The summed E-state index contributed by atoms with van der Waals surface area (Å²) in [6.45, 7) is 6.01.